The molecule has 44 valence electrons. The lowest BCUT2D eigenvalue weighted by Gasteiger charge is -1.89. The lowest BCUT2D eigenvalue weighted by atomic mass is 11.0. The molecule has 0 aromatic rings. The summed E-state index contributed by atoms with van der Waals surface area (Å²) in [4.78, 5) is 0. The molecule has 0 radical (unpaired) electrons. The fraction of sp³-hybridized carbons (Fsp3) is 1.00. The summed E-state index contributed by atoms with van der Waals surface area (Å²) in [6, 6.07) is 0. The number of sulfonamides is 1. The Hall–Kier alpha value is 0.200. The van der Waals surface area contributed by atoms with E-state index in [2.05, 4.69) is 0 Å². The van der Waals surface area contributed by atoms with E-state index in [4.69, 9.17) is 11.8 Å². The Morgan fingerprint density at radius 2 is 2.14 bits per heavy atom. The number of rotatable bonds is 2. The highest BCUT2D eigenvalue weighted by atomic mass is 35.5. The van der Waals surface area contributed by atoms with Crippen LogP contribution in [0.15, 0.2) is 0 Å². The number of hydrogen-bond donors (Lipinski definition) is 1. The predicted octanol–water partition coefficient (Wildman–Crippen LogP) is 0.0795. The van der Waals surface area contributed by atoms with Gasteiger partial charge in [0.25, 0.3) is 0 Å². The monoisotopic (exact) mass is 143 g/mol. The lowest BCUT2D eigenvalue weighted by molar-refractivity contribution is 0.595. The second-order valence-electron chi connectivity index (χ2n) is 0.981. The molecule has 0 aromatic carbocycles. The third-order valence-electron chi connectivity index (χ3n) is 0.498. The Morgan fingerprint density at radius 1 is 1.71 bits per heavy atom. The van der Waals surface area contributed by atoms with Crippen LogP contribution < -0.4 is 4.24 Å². The SMILES string of the molecule is CCS(=O)(=O)NCl. The van der Waals surface area contributed by atoms with Gasteiger partial charge in [-0.15, -0.1) is 4.24 Å². The molecule has 0 spiro atoms. The van der Waals surface area contributed by atoms with Crippen LogP contribution >= 0.6 is 11.8 Å². The molecule has 0 amide bonds. The third-order valence-corrected chi connectivity index (χ3v) is 2.20. The summed E-state index contributed by atoms with van der Waals surface area (Å²) in [6.07, 6.45) is 0. The summed E-state index contributed by atoms with van der Waals surface area (Å²) in [5, 5.41) is 0. The van der Waals surface area contributed by atoms with Gasteiger partial charge in [0.2, 0.25) is 10.0 Å². The molecule has 3 nitrogen and oxygen atoms in total. The summed E-state index contributed by atoms with van der Waals surface area (Å²) >= 11 is 4.76. The molecule has 1 N–H and O–H groups in total. The minimum atomic E-state index is -3.14. The van der Waals surface area contributed by atoms with Crippen LogP contribution in [0, 0.1) is 0 Å². The van der Waals surface area contributed by atoms with E-state index in [9.17, 15) is 8.42 Å². The number of hydrogen-bond acceptors (Lipinski definition) is 2. The first-order chi connectivity index (χ1) is 3.12. The maximum Gasteiger partial charge on any atom is 0.224 e. The Bertz CT molecular complexity index is 119. The van der Waals surface area contributed by atoms with Crippen molar-refractivity contribution in [3.8, 4) is 0 Å². The van der Waals surface area contributed by atoms with Crippen molar-refractivity contribution in [2.24, 2.45) is 0 Å². The summed E-state index contributed by atoms with van der Waals surface area (Å²) in [7, 11) is -3.14. The zero-order chi connectivity index (χ0) is 5.91. The van der Waals surface area contributed by atoms with Crippen LogP contribution in [0.4, 0.5) is 0 Å². The Kier molecular flexibility index (Phi) is 2.56. The molecule has 0 aliphatic rings. The molecule has 0 fully saturated rings. The van der Waals surface area contributed by atoms with Gasteiger partial charge in [-0.2, -0.15) is 0 Å². The molecular formula is C2H6ClNO2S. The van der Waals surface area contributed by atoms with Crippen LogP contribution in [0.3, 0.4) is 0 Å². The molecule has 0 rings (SSSR count). The minimum absolute atomic E-state index is 0.0243. The van der Waals surface area contributed by atoms with Gasteiger partial charge in [0, 0.05) is 0 Å². The summed E-state index contributed by atoms with van der Waals surface area (Å²) in [6.45, 7) is 1.50. The van der Waals surface area contributed by atoms with Crippen LogP contribution in [-0.2, 0) is 10.0 Å². The van der Waals surface area contributed by atoms with Gasteiger partial charge in [0.1, 0.15) is 0 Å². The zero-order valence-electron chi connectivity index (χ0n) is 3.81. The van der Waals surface area contributed by atoms with Crippen LogP contribution in [0.1, 0.15) is 6.92 Å². The topological polar surface area (TPSA) is 46.2 Å². The molecule has 5 heteroatoms. The summed E-state index contributed by atoms with van der Waals surface area (Å²) < 4.78 is 21.9. The maximum absolute atomic E-state index is 10.1. The van der Waals surface area contributed by atoms with Crippen LogP contribution in [0.5, 0.6) is 0 Å². The highest BCUT2D eigenvalue weighted by molar-refractivity contribution is 7.90. The molecule has 0 bridgehead atoms. The first kappa shape index (κ1) is 7.20. The zero-order valence-corrected chi connectivity index (χ0v) is 5.38. The highest BCUT2D eigenvalue weighted by Gasteiger charge is 1.99. The van der Waals surface area contributed by atoms with Gasteiger partial charge in [-0.3, -0.25) is 0 Å². The molecule has 0 atom stereocenters. The van der Waals surface area contributed by atoms with Crippen molar-refractivity contribution in [1.82, 2.24) is 4.24 Å². The lowest BCUT2D eigenvalue weighted by Crippen LogP contribution is -2.14. The van der Waals surface area contributed by atoms with Gasteiger partial charge >= 0.3 is 0 Å². The highest BCUT2D eigenvalue weighted by Crippen LogP contribution is 1.80. The van der Waals surface area contributed by atoms with Crippen LogP contribution in [0.2, 0.25) is 0 Å². The van der Waals surface area contributed by atoms with Crippen molar-refractivity contribution in [1.29, 1.82) is 0 Å². The Morgan fingerprint density at radius 3 is 2.14 bits per heavy atom. The smallest absolute Gasteiger partial charge is 0.211 e. The first-order valence-corrected chi connectivity index (χ1v) is 3.75. The average Bonchev–Trinajstić information content (AvgIpc) is 1.68. The van der Waals surface area contributed by atoms with E-state index in [-0.39, 0.29) is 5.75 Å². The van der Waals surface area contributed by atoms with Gasteiger partial charge in [0.15, 0.2) is 0 Å². The molecule has 0 aliphatic heterocycles. The van der Waals surface area contributed by atoms with Crippen molar-refractivity contribution in [2.45, 2.75) is 6.92 Å². The maximum atomic E-state index is 10.1. The van der Waals surface area contributed by atoms with Crippen molar-refractivity contribution in [2.75, 3.05) is 5.75 Å². The van der Waals surface area contributed by atoms with Gasteiger partial charge in [-0.1, -0.05) is 0 Å². The van der Waals surface area contributed by atoms with Gasteiger partial charge in [-0.25, -0.2) is 8.42 Å². The van der Waals surface area contributed by atoms with Gasteiger partial charge in [0.05, 0.1) is 5.75 Å². The van der Waals surface area contributed by atoms with Crippen LogP contribution in [0.25, 0.3) is 0 Å². The normalized spacial score (nSPS) is 11.7. The fourth-order valence-electron chi connectivity index (χ4n) is 0.0546. The standard InChI is InChI=1S/C2H6ClNO2S/c1-2-7(5,6)4-3/h4H,2H2,1H3. The van der Waals surface area contributed by atoms with E-state index in [0.29, 0.717) is 0 Å². The number of halogens is 1. The van der Waals surface area contributed by atoms with E-state index in [0.717, 1.165) is 0 Å². The van der Waals surface area contributed by atoms with E-state index < -0.39 is 10.0 Å². The van der Waals surface area contributed by atoms with Crippen molar-refractivity contribution < 1.29 is 8.42 Å². The van der Waals surface area contributed by atoms with Crippen LogP contribution in [-0.4, -0.2) is 14.2 Å². The van der Waals surface area contributed by atoms with Gasteiger partial charge in [-0.05, 0) is 18.7 Å². The van der Waals surface area contributed by atoms with Crippen molar-refractivity contribution >= 4 is 21.8 Å². The van der Waals surface area contributed by atoms with Crippen molar-refractivity contribution in [3.63, 3.8) is 0 Å². The van der Waals surface area contributed by atoms with E-state index in [1.54, 1.807) is 4.24 Å². The fourth-order valence-corrected chi connectivity index (χ4v) is 0.491. The molecule has 0 unspecified atom stereocenters. The third kappa shape index (κ3) is 2.85. The Labute approximate surface area is 47.8 Å². The molecule has 0 saturated carbocycles. The van der Waals surface area contributed by atoms with E-state index in [1.807, 2.05) is 0 Å². The summed E-state index contributed by atoms with van der Waals surface area (Å²) in [5.41, 5.74) is 0. The minimum Gasteiger partial charge on any atom is -0.211 e. The molecule has 0 aromatic heterocycles. The Balaban J connectivity index is 3.89. The van der Waals surface area contributed by atoms with Gasteiger partial charge < -0.3 is 0 Å². The quantitative estimate of drug-likeness (QED) is 0.557. The molecule has 7 heavy (non-hydrogen) atoms. The average molecular weight is 144 g/mol. The molecular weight excluding hydrogens is 138 g/mol. The largest absolute Gasteiger partial charge is 0.224 e. The first-order valence-electron chi connectivity index (χ1n) is 1.72. The predicted molar refractivity (Wildman–Crippen MR) is 28.4 cm³/mol. The molecule has 0 saturated heterocycles. The number of nitrogens with one attached hydrogen (secondary N) is 1. The second kappa shape index (κ2) is 2.49. The molecule has 0 aliphatic carbocycles. The van der Waals surface area contributed by atoms with E-state index in [1.165, 1.54) is 6.92 Å². The second-order valence-corrected chi connectivity index (χ2v) is 3.40. The van der Waals surface area contributed by atoms with E-state index >= 15 is 0 Å². The molecule has 0 heterocycles. The van der Waals surface area contributed by atoms with Crippen molar-refractivity contribution in [3.05, 3.63) is 0 Å². The summed E-state index contributed by atoms with van der Waals surface area (Å²) in [5.74, 6) is 0.0243.